The van der Waals surface area contributed by atoms with Crippen LogP contribution in [0.25, 0.3) is 0 Å². The Bertz CT molecular complexity index is 363. The molecule has 1 fully saturated rings. The van der Waals surface area contributed by atoms with E-state index in [0.717, 1.165) is 43.8 Å². The summed E-state index contributed by atoms with van der Waals surface area (Å²) in [5.41, 5.74) is 0.698. The van der Waals surface area contributed by atoms with Crippen LogP contribution in [0.4, 0.5) is 0 Å². The fourth-order valence-electron chi connectivity index (χ4n) is 3.28. The van der Waals surface area contributed by atoms with Crippen molar-refractivity contribution in [1.29, 1.82) is 0 Å². The van der Waals surface area contributed by atoms with Crippen LogP contribution >= 0.6 is 0 Å². The Morgan fingerprint density at radius 1 is 1.33 bits per heavy atom. The number of rotatable bonds is 2. The van der Waals surface area contributed by atoms with Gasteiger partial charge in [0.1, 0.15) is 11.4 Å². The molecule has 0 atom stereocenters. The summed E-state index contributed by atoms with van der Waals surface area (Å²) in [4.78, 5) is 14.7. The third kappa shape index (κ3) is 2.46. The molecule has 0 aromatic carbocycles. The van der Waals surface area contributed by atoms with E-state index >= 15 is 0 Å². The highest BCUT2D eigenvalue weighted by atomic mass is 16.5. The lowest BCUT2D eigenvalue weighted by Gasteiger charge is -2.44. The standard InChI is InChI=1S/C15H25NO2/c1-5-16-8-6-15(7-9-16)10-13(17)14(11(2)3)12(4)18-15/h11H,5-10H2,1-4H3. The fraction of sp³-hybridized carbons (Fsp3) is 0.800. The second kappa shape index (κ2) is 5.04. The first-order chi connectivity index (χ1) is 8.47. The first kappa shape index (κ1) is 13.6. The molecule has 0 radical (unpaired) electrons. The molecule has 0 aromatic rings. The summed E-state index contributed by atoms with van der Waals surface area (Å²) in [5.74, 6) is 1.44. The second-order valence-corrected chi connectivity index (χ2v) is 5.94. The van der Waals surface area contributed by atoms with Gasteiger partial charge in [0.05, 0.1) is 6.42 Å². The van der Waals surface area contributed by atoms with Gasteiger partial charge in [-0.05, 0) is 19.4 Å². The van der Waals surface area contributed by atoms with Crippen LogP contribution in [-0.2, 0) is 9.53 Å². The van der Waals surface area contributed by atoms with Gasteiger partial charge in [-0.2, -0.15) is 0 Å². The van der Waals surface area contributed by atoms with E-state index in [1.165, 1.54) is 0 Å². The van der Waals surface area contributed by atoms with Crippen LogP contribution in [-0.4, -0.2) is 35.9 Å². The van der Waals surface area contributed by atoms with Crippen molar-refractivity contribution in [3.63, 3.8) is 0 Å². The lowest BCUT2D eigenvalue weighted by atomic mass is 9.80. The Labute approximate surface area is 110 Å². The Morgan fingerprint density at radius 2 is 1.94 bits per heavy atom. The molecular formula is C15H25NO2. The van der Waals surface area contributed by atoms with Crippen LogP contribution in [0.5, 0.6) is 0 Å². The van der Waals surface area contributed by atoms with Crippen molar-refractivity contribution in [3.8, 4) is 0 Å². The molecule has 3 heteroatoms. The van der Waals surface area contributed by atoms with Crippen molar-refractivity contribution < 1.29 is 9.53 Å². The van der Waals surface area contributed by atoms with Gasteiger partial charge in [-0.25, -0.2) is 0 Å². The first-order valence-corrected chi connectivity index (χ1v) is 7.13. The van der Waals surface area contributed by atoms with E-state index in [4.69, 9.17) is 4.74 Å². The van der Waals surface area contributed by atoms with Gasteiger partial charge >= 0.3 is 0 Å². The van der Waals surface area contributed by atoms with Crippen molar-refractivity contribution in [2.75, 3.05) is 19.6 Å². The summed E-state index contributed by atoms with van der Waals surface area (Å²) < 4.78 is 6.18. The third-order valence-electron chi connectivity index (χ3n) is 4.32. The number of ketones is 1. The van der Waals surface area contributed by atoms with E-state index in [1.54, 1.807) is 0 Å². The largest absolute Gasteiger partial charge is 0.491 e. The maximum Gasteiger partial charge on any atom is 0.166 e. The molecule has 2 aliphatic rings. The first-order valence-electron chi connectivity index (χ1n) is 7.13. The molecule has 0 aromatic heterocycles. The number of allylic oxidation sites excluding steroid dienone is 2. The van der Waals surface area contributed by atoms with Crippen LogP contribution in [0, 0.1) is 5.92 Å². The molecule has 1 saturated heterocycles. The zero-order valence-electron chi connectivity index (χ0n) is 12.1. The predicted octanol–water partition coefficient (Wildman–Crippen LogP) is 2.76. The Morgan fingerprint density at radius 3 is 2.39 bits per heavy atom. The minimum atomic E-state index is -0.203. The summed E-state index contributed by atoms with van der Waals surface area (Å²) in [6.07, 6.45) is 2.54. The van der Waals surface area contributed by atoms with Gasteiger partial charge < -0.3 is 9.64 Å². The molecule has 2 aliphatic heterocycles. The summed E-state index contributed by atoms with van der Waals surface area (Å²) >= 11 is 0. The quantitative estimate of drug-likeness (QED) is 0.756. The zero-order valence-corrected chi connectivity index (χ0v) is 12.1. The maximum atomic E-state index is 12.3. The van der Waals surface area contributed by atoms with E-state index in [-0.39, 0.29) is 11.5 Å². The van der Waals surface area contributed by atoms with Crippen molar-refractivity contribution in [2.45, 2.75) is 52.6 Å². The molecule has 3 nitrogen and oxygen atoms in total. The SMILES string of the molecule is CCN1CCC2(CC1)CC(=O)C(C(C)C)=C(C)O2. The van der Waals surface area contributed by atoms with Crippen molar-refractivity contribution in [3.05, 3.63) is 11.3 Å². The summed E-state index contributed by atoms with van der Waals surface area (Å²) in [6, 6.07) is 0. The number of hydrogen-bond acceptors (Lipinski definition) is 3. The summed E-state index contributed by atoms with van der Waals surface area (Å²) in [5, 5.41) is 0. The molecule has 18 heavy (non-hydrogen) atoms. The number of hydrogen-bond donors (Lipinski definition) is 0. The van der Waals surface area contributed by atoms with Gasteiger partial charge in [0.2, 0.25) is 0 Å². The van der Waals surface area contributed by atoms with E-state index < -0.39 is 0 Å². The van der Waals surface area contributed by atoms with Gasteiger partial charge in [0, 0.05) is 31.5 Å². The van der Waals surface area contributed by atoms with E-state index in [0.29, 0.717) is 12.2 Å². The molecule has 0 bridgehead atoms. The molecule has 2 rings (SSSR count). The molecule has 0 N–H and O–H groups in total. The topological polar surface area (TPSA) is 29.5 Å². The highest BCUT2D eigenvalue weighted by molar-refractivity contribution is 5.97. The predicted molar refractivity (Wildman–Crippen MR) is 72.3 cm³/mol. The highest BCUT2D eigenvalue weighted by Crippen LogP contribution is 2.39. The molecule has 0 saturated carbocycles. The lowest BCUT2D eigenvalue weighted by molar-refractivity contribution is -0.130. The van der Waals surface area contributed by atoms with Crippen LogP contribution in [0.2, 0.25) is 0 Å². The molecule has 0 amide bonds. The molecular weight excluding hydrogens is 226 g/mol. The van der Waals surface area contributed by atoms with Gasteiger partial charge in [0.15, 0.2) is 5.78 Å². The van der Waals surface area contributed by atoms with Crippen LogP contribution in [0.15, 0.2) is 11.3 Å². The summed E-state index contributed by atoms with van der Waals surface area (Å²) in [7, 11) is 0. The van der Waals surface area contributed by atoms with Gasteiger partial charge in [-0.15, -0.1) is 0 Å². The molecule has 0 unspecified atom stereocenters. The third-order valence-corrected chi connectivity index (χ3v) is 4.32. The summed E-state index contributed by atoms with van der Waals surface area (Å²) in [6.45, 7) is 11.5. The lowest BCUT2D eigenvalue weighted by Crippen LogP contribution is -2.49. The number of carbonyl (C=O) groups excluding carboxylic acids is 1. The number of ether oxygens (including phenoxy) is 1. The monoisotopic (exact) mass is 251 g/mol. The van der Waals surface area contributed by atoms with Gasteiger partial charge in [-0.1, -0.05) is 20.8 Å². The van der Waals surface area contributed by atoms with Crippen molar-refractivity contribution >= 4 is 5.78 Å². The van der Waals surface area contributed by atoms with Crippen LogP contribution < -0.4 is 0 Å². The maximum absolute atomic E-state index is 12.3. The Hall–Kier alpha value is -0.830. The molecule has 1 spiro atoms. The minimum absolute atomic E-state index is 0.203. The smallest absolute Gasteiger partial charge is 0.166 e. The minimum Gasteiger partial charge on any atom is -0.491 e. The Balaban J connectivity index is 2.14. The Kier molecular flexibility index (Phi) is 3.81. The molecule has 102 valence electrons. The number of Topliss-reactive ketones (excluding diaryl/α,β-unsaturated/α-hetero) is 1. The normalized spacial score (nSPS) is 24.8. The average molecular weight is 251 g/mol. The molecule has 0 aliphatic carbocycles. The molecule has 2 heterocycles. The van der Waals surface area contributed by atoms with Crippen LogP contribution in [0.1, 0.15) is 47.0 Å². The highest BCUT2D eigenvalue weighted by Gasteiger charge is 2.43. The number of nitrogens with zero attached hydrogens (tertiary/aromatic N) is 1. The van der Waals surface area contributed by atoms with E-state index in [1.807, 2.05) is 6.92 Å². The van der Waals surface area contributed by atoms with E-state index in [2.05, 4.69) is 25.7 Å². The average Bonchev–Trinajstić information content (AvgIpc) is 2.28. The van der Waals surface area contributed by atoms with Gasteiger partial charge in [-0.3, -0.25) is 4.79 Å². The number of piperidine rings is 1. The van der Waals surface area contributed by atoms with Gasteiger partial charge in [0.25, 0.3) is 0 Å². The van der Waals surface area contributed by atoms with Crippen molar-refractivity contribution in [1.82, 2.24) is 4.90 Å². The second-order valence-electron chi connectivity index (χ2n) is 5.94. The number of likely N-dealkylation sites (tertiary alicyclic amines) is 1. The van der Waals surface area contributed by atoms with Crippen LogP contribution in [0.3, 0.4) is 0 Å². The van der Waals surface area contributed by atoms with E-state index in [9.17, 15) is 4.79 Å². The fourth-order valence-corrected chi connectivity index (χ4v) is 3.28. The number of carbonyl (C=O) groups is 1. The van der Waals surface area contributed by atoms with Crippen molar-refractivity contribution in [2.24, 2.45) is 5.92 Å². The zero-order chi connectivity index (χ0) is 13.3.